The maximum atomic E-state index is 6.51. The second kappa shape index (κ2) is 5.46. The molecule has 0 bridgehead atoms. The van der Waals surface area contributed by atoms with Crippen LogP contribution in [0.1, 0.15) is 51.5 Å². The molecule has 1 saturated carbocycles. The molecule has 0 spiro atoms. The molecule has 0 saturated heterocycles. The first-order valence-electron chi connectivity index (χ1n) is 8.20. The molecular formula is C20H27N. The van der Waals surface area contributed by atoms with Gasteiger partial charge in [0.05, 0.1) is 0 Å². The number of rotatable bonds is 1. The number of benzene rings is 2. The van der Waals surface area contributed by atoms with Gasteiger partial charge in [-0.05, 0) is 52.8 Å². The van der Waals surface area contributed by atoms with E-state index in [1.807, 2.05) is 0 Å². The summed E-state index contributed by atoms with van der Waals surface area (Å²) in [4.78, 5) is 0. The van der Waals surface area contributed by atoms with Crippen molar-refractivity contribution < 1.29 is 0 Å². The average Bonchev–Trinajstić information content (AvgIpc) is 2.46. The molecule has 3 atom stereocenters. The monoisotopic (exact) mass is 281 g/mol. The lowest BCUT2D eigenvalue weighted by Crippen LogP contribution is -2.38. The normalized spacial score (nSPS) is 27.0. The summed E-state index contributed by atoms with van der Waals surface area (Å²) in [5, 5.41) is 2.72. The van der Waals surface area contributed by atoms with Crippen LogP contribution in [0.3, 0.4) is 0 Å². The number of hydrogen-bond donors (Lipinski definition) is 1. The summed E-state index contributed by atoms with van der Waals surface area (Å²) in [6.07, 6.45) is 3.64. The van der Waals surface area contributed by atoms with Crippen molar-refractivity contribution in [3.05, 3.63) is 48.0 Å². The zero-order chi connectivity index (χ0) is 15.0. The van der Waals surface area contributed by atoms with Crippen LogP contribution in [-0.2, 0) is 0 Å². The maximum Gasteiger partial charge on any atom is 0.0108 e. The molecule has 2 aromatic rings. The van der Waals surface area contributed by atoms with E-state index in [1.54, 1.807) is 0 Å². The Kier molecular flexibility index (Phi) is 3.79. The first kappa shape index (κ1) is 14.6. The fourth-order valence-corrected chi connectivity index (χ4v) is 3.91. The Morgan fingerprint density at radius 3 is 2.43 bits per heavy atom. The van der Waals surface area contributed by atoms with Crippen LogP contribution in [0.25, 0.3) is 10.8 Å². The molecule has 0 radical (unpaired) electrons. The van der Waals surface area contributed by atoms with Gasteiger partial charge in [0.25, 0.3) is 0 Å². The van der Waals surface area contributed by atoms with E-state index in [-0.39, 0.29) is 0 Å². The zero-order valence-corrected chi connectivity index (χ0v) is 13.5. The van der Waals surface area contributed by atoms with Crippen LogP contribution in [-0.4, -0.2) is 6.04 Å². The Bertz CT molecular complexity index is 618. The minimum atomic E-state index is 0.300. The summed E-state index contributed by atoms with van der Waals surface area (Å²) in [5.41, 5.74) is 8.34. The minimum absolute atomic E-state index is 0.300. The van der Waals surface area contributed by atoms with Gasteiger partial charge in [0.1, 0.15) is 0 Å². The van der Waals surface area contributed by atoms with Gasteiger partial charge in [-0.1, -0.05) is 63.2 Å². The van der Waals surface area contributed by atoms with Gasteiger partial charge < -0.3 is 5.73 Å². The Labute approximate surface area is 128 Å². The molecule has 1 nitrogen and oxygen atoms in total. The average molecular weight is 281 g/mol. The zero-order valence-electron chi connectivity index (χ0n) is 13.5. The molecule has 1 aliphatic carbocycles. The quantitative estimate of drug-likeness (QED) is 0.773. The second-order valence-corrected chi connectivity index (χ2v) is 7.71. The van der Waals surface area contributed by atoms with Crippen LogP contribution < -0.4 is 5.73 Å². The van der Waals surface area contributed by atoms with Crippen molar-refractivity contribution in [2.24, 2.45) is 17.1 Å². The van der Waals surface area contributed by atoms with Crippen LogP contribution >= 0.6 is 0 Å². The van der Waals surface area contributed by atoms with Crippen molar-refractivity contribution in [1.29, 1.82) is 0 Å². The molecule has 2 aromatic carbocycles. The summed E-state index contributed by atoms with van der Waals surface area (Å²) in [5.74, 6) is 1.26. The summed E-state index contributed by atoms with van der Waals surface area (Å²) >= 11 is 0. The van der Waals surface area contributed by atoms with E-state index in [9.17, 15) is 0 Å². The standard InChI is InChI=1S/C20H27N/c1-20(2,3)15-11-12-19(21)18(13-15)17-10-6-8-14-7-4-5-9-16(14)17/h4-10,15,18-19H,11-13,21H2,1-3H3. The number of nitrogens with two attached hydrogens (primary N) is 1. The third-order valence-electron chi connectivity index (χ3n) is 5.35. The SMILES string of the molecule is CC(C)(C)C1CCC(N)C(c2cccc3ccccc23)C1. The van der Waals surface area contributed by atoms with Crippen molar-refractivity contribution in [3.8, 4) is 0 Å². The van der Waals surface area contributed by atoms with Crippen molar-refractivity contribution in [2.75, 3.05) is 0 Å². The molecule has 0 aromatic heterocycles. The Hall–Kier alpha value is -1.34. The molecule has 0 aliphatic heterocycles. The predicted octanol–water partition coefficient (Wildman–Crippen LogP) is 5.10. The van der Waals surface area contributed by atoms with E-state index in [2.05, 4.69) is 63.2 Å². The van der Waals surface area contributed by atoms with Gasteiger partial charge in [-0.25, -0.2) is 0 Å². The van der Waals surface area contributed by atoms with E-state index in [0.717, 1.165) is 12.3 Å². The van der Waals surface area contributed by atoms with Gasteiger partial charge in [-0.15, -0.1) is 0 Å². The maximum absolute atomic E-state index is 6.51. The van der Waals surface area contributed by atoms with Gasteiger partial charge >= 0.3 is 0 Å². The third kappa shape index (κ3) is 2.85. The van der Waals surface area contributed by atoms with Gasteiger partial charge in [0.2, 0.25) is 0 Å². The van der Waals surface area contributed by atoms with Gasteiger partial charge in [-0.3, -0.25) is 0 Å². The summed E-state index contributed by atoms with van der Waals surface area (Å²) in [7, 11) is 0. The number of hydrogen-bond acceptors (Lipinski definition) is 1. The van der Waals surface area contributed by atoms with Gasteiger partial charge in [0, 0.05) is 6.04 Å². The largest absolute Gasteiger partial charge is 0.327 e. The van der Waals surface area contributed by atoms with Gasteiger partial charge in [-0.2, -0.15) is 0 Å². The lowest BCUT2D eigenvalue weighted by molar-refractivity contribution is 0.154. The van der Waals surface area contributed by atoms with Crippen LogP contribution in [0.4, 0.5) is 0 Å². The molecule has 0 amide bonds. The first-order valence-corrected chi connectivity index (χ1v) is 8.20. The van der Waals surface area contributed by atoms with E-state index >= 15 is 0 Å². The highest BCUT2D eigenvalue weighted by atomic mass is 14.7. The Balaban J connectivity index is 2.00. The highest BCUT2D eigenvalue weighted by Gasteiger charge is 2.35. The summed E-state index contributed by atoms with van der Waals surface area (Å²) < 4.78 is 0. The molecule has 1 aliphatic rings. The van der Waals surface area contributed by atoms with Crippen LogP contribution in [0.15, 0.2) is 42.5 Å². The molecule has 21 heavy (non-hydrogen) atoms. The summed E-state index contributed by atoms with van der Waals surface area (Å²) in [6, 6.07) is 15.7. The van der Waals surface area contributed by atoms with Gasteiger partial charge in [0.15, 0.2) is 0 Å². The third-order valence-corrected chi connectivity index (χ3v) is 5.35. The summed E-state index contributed by atoms with van der Waals surface area (Å²) in [6.45, 7) is 7.11. The molecule has 0 heterocycles. The highest BCUT2D eigenvalue weighted by molar-refractivity contribution is 5.86. The van der Waals surface area contributed by atoms with E-state index < -0.39 is 0 Å². The fourth-order valence-electron chi connectivity index (χ4n) is 3.91. The van der Waals surface area contributed by atoms with Crippen molar-refractivity contribution in [2.45, 2.75) is 52.0 Å². The lowest BCUT2D eigenvalue weighted by Gasteiger charge is -2.41. The van der Waals surface area contributed by atoms with Crippen molar-refractivity contribution in [1.82, 2.24) is 0 Å². The topological polar surface area (TPSA) is 26.0 Å². The molecule has 112 valence electrons. The Morgan fingerprint density at radius 2 is 1.67 bits per heavy atom. The molecule has 3 unspecified atom stereocenters. The van der Waals surface area contributed by atoms with Crippen LogP contribution in [0.5, 0.6) is 0 Å². The second-order valence-electron chi connectivity index (χ2n) is 7.71. The van der Waals surface area contributed by atoms with E-state index in [0.29, 0.717) is 17.4 Å². The Morgan fingerprint density at radius 1 is 0.952 bits per heavy atom. The van der Waals surface area contributed by atoms with Crippen molar-refractivity contribution in [3.63, 3.8) is 0 Å². The van der Waals surface area contributed by atoms with Crippen molar-refractivity contribution >= 4 is 10.8 Å². The smallest absolute Gasteiger partial charge is 0.0108 e. The minimum Gasteiger partial charge on any atom is -0.327 e. The van der Waals surface area contributed by atoms with E-state index in [1.165, 1.54) is 29.2 Å². The molecular weight excluding hydrogens is 254 g/mol. The molecule has 1 heteroatoms. The predicted molar refractivity (Wildman–Crippen MR) is 91.5 cm³/mol. The number of fused-ring (bicyclic) bond motifs is 1. The van der Waals surface area contributed by atoms with Crippen LogP contribution in [0.2, 0.25) is 0 Å². The molecule has 2 N–H and O–H groups in total. The first-order chi connectivity index (χ1) is 9.97. The van der Waals surface area contributed by atoms with E-state index in [4.69, 9.17) is 5.73 Å². The fraction of sp³-hybridized carbons (Fsp3) is 0.500. The highest BCUT2D eigenvalue weighted by Crippen LogP contribution is 2.44. The van der Waals surface area contributed by atoms with Crippen LogP contribution in [0, 0.1) is 11.3 Å². The molecule has 1 fully saturated rings. The molecule has 3 rings (SSSR count). The lowest BCUT2D eigenvalue weighted by atomic mass is 9.66.